The third-order valence-electron chi connectivity index (χ3n) is 4.19. The van der Waals surface area contributed by atoms with Crippen LogP contribution in [0.25, 0.3) is 11.2 Å². The smallest absolute Gasteiger partial charge is 0.394 e. The number of nitrogens with zero attached hydrogens (tertiary/aromatic N) is 3. The summed E-state index contributed by atoms with van der Waals surface area (Å²) in [6.45, 7) is -0.679. The lowest BCUT2D eigenvalue weighted by Gasteiger charge is -2.18. The van der Waals surface area contributed by atoms with Crippen LogP contribution in [0, 0.1) is 0 Å². The molecule has 0 aliphatic carbocycles. The van der Waals surface area contributed by atoms with Gasteiger partial charge in [0.1, 0.15) is 18.3 Å². The predicted octanol–water partition coefficient (Wildman–Crippen LogP) is -3.42. The quantitative estimate of drug-likeness (QED) is 0.261. The number of hydrogen-bond acceptors (Lipinski definition) is 7. The van der Waals surface area contributed by atoms with Gasteiger partial charge >= 0.3 is 19.1 Å². The van der Waals surface area contributed by atoms with Crippen LogP contribution in [-0.4, -0.2) is 59.0 Å². The predicted molar refractivity (Wildman–Crippen MR) is 82.9 cm³/mol. The van der Waals surface area contributed by atoms with E-state index in [2.05, 4.69) is 9.51 Å². The molecule has 1 aliphatic rings. The van der Waals surface area contributed by atoms with Gasteiger partial charge in [-0.25, -0.2) is 13.9 Å². The fourth-order valence-corrected chi connectivity index (χ4v) is 3.56. The Morgan fingerprint density at radius 2 is 2.08 bits per heavy atom. The van der Waals surface area contributed by atoms with E-state index in [0.29, 0.717) is 0 Å². The number of aliphatic hydroxyl groups is 2. The molecule has 1 aliphatic heterocycles. The Labute approximate surface area is 144 Å². The number of phosphoric acid groups is 1. The van der Waals surface area contributed by atoms with E-state index in [1.165, 1.54) is 29.6 Å². The van der Waals surface area contributed by atoms with Crippen LogP contribution in [-0.2, 0) is 27.9 Å². The van der Waals surface area contributed by atoms with Crippen molar-refractivity contribution in [2.45, 2.75) is 24.5 Å². The van der Waals surface area contributed by atoms with Crippen LogP contribution in [0.15, 0.2) is 15.9 Å². The summed E-state index contributed by atoms with van der Waals surface area (Å²) in [4.78, 5) is 44.6. The third kappa shape index (κ3) is 3.03. The Bertz CT molecular complexity index is 1000. The van der Waals surface area contributed by atoms with Crippen molar-refractivity contribution < 1.29 is 38.4 Å². The summed E-state index contributed by atoms with van der Waals surface area (Å²) in [5.41, 5.74) is -1.13. The molecule has 0 bridgehead atoms. The molecule has 0 amide bonds. The Morgan fingerprint density at radius 3 is 2.65 bits per heavy atom. The number of ether oxygens (including phenoxy) is 1. The molecule has 0 unspecified atom stereocenters. The van der Waals surface area contributed by atoms with Gasteiger partial charge in [0, 0.05) is 7.05 Å². The minimum absolute atomic E-state index is 0.0400. The van der Waals surface area contributed by atoms with Gasteiger partial charge in [0.15, 0.2) is 0 Å². The minimum atomic E-state index is -4.96. The van der Waals surface area contributed by atoms with E-state index < -0.39 is 50.2 Å². The third-order valence-corrected chi connectivity index (χ3v) is 4.71. The molecule has 13 nitrogen and oxygen atoms in total. The maximum atomic E-state index is 12.3. The Hall–Kier alpha value is -1.86. The number of aliphatic hydroxyl groups excluding tert-OH is 2. The molecule has 5 N–H and O–H groups in total. The zero-order chi connectivity index (χ0) is 19.4. The summed E-state index contributed by atoms with van der Waals surface area (Å²) in [6.07, 6.45) is -4.25. The van der Waals surface area contributed by atoms with E-state index in [-0.39, 0.29) is 11.2 Å². The second-order valence-electron chi connectivity index (χ2n) is 5.92. The zero-order valence-electron chi connectivity index (χ0n) is 13.7. The molecular formula is C12H18N4O9P+. The first-order valence-electron chi connectivity index (χ1n) is 7.43. The lowest BCUT2D eigenvalue weighted by Crippen LogP contribution is -2.39. The number of rotatable bonds is 4. The minimum Gasteiger partial charge on any atom is -0.394 e. The highest BCUT2D eigenvalue weighted by atomic mass is 31.2. The summed E-state index contributed by atoms with van der Waals surface area (Å²) in [5, 5.41) is 19.8. The molecule has 4 atom stereocenters. The Balaban J connectivity index is 2.11. The first-order chi connectivity index (χ1) is 12.0. The van der Waals surface area contributed by atoms with Gasteiger partial charge in [-0.3, -0.25) is 18.9 Å². The molecule has 14 heteroatoms. The van der Waals surface area contributed by atoms with Crippen molar-refractivity contribution in [3.63, 3.8) is 0 Å². The van der Waals surface area contributed by atoms with Crippen molar-refractivity contribution in [3.05, 3.63) is 27.2 Å². The first-order valence-corrected chi connectivity index (χ1v) is 8.96. The molecular weight excluding hydrogens is 375 g/mol. The molecule has 1 saturated heterocycles. The van der Waals surface area contributed by atoms with Crippen molar-refractivity contribution >= 4 is 19.0 Å². The van der Waals surface area contributed by atoms with Gasteiger partial charge in [0.2, 0.25) is 12.6 Å². The molecule has 26 heavy (non-hydrogen) atoms. The molecule has 0 saturated carbocycles. The number of fused-ring (bicyclic) bond motifs is 1. The Kier molecular flexibility index (Phi) is 4.65. The van der Waals surface area contributed by atoms with Crippen LogP contribution in [0.4, 0.5) is 0 Å². The summed E-state index contributed by atoms with van der Waals surface area (Å²) < 4.78 is 24.6. The highest BCUT2D eigenvalue weighted by Gasteiger charge is 2.51. The molecule has 144 valence electrons. The van der Waals surface area contributed by atoms with Crippen LogP contribution in [0.1, 0.15) is 6.23 Å². The normalized spacial score (nSPS) is 26.7. The second-order valence-corrected chi connectivity index (χ2v) is 7.12. The monoisotopic (exact) mass is 393 g/mol. The number of nitrogens with one attached hydrogen (secondary N) is 1. The molecule has 0 spiro atoms. The van der Waals surface area contributed by atoms with E-state index in [4.69, 9.17) is 14.5 Å². The first kappa shape index (κ1) is 18.9. The molecule has 1 fully saturated rings. The van der Waals surface area contributed by atoms with Crippen molar-refractivity contribution in [3.8, 4) is 0 Å². The average molecular weight is 393 g/mol. The number of hydrogen-bond donors (Lipinski definition) is 5. The lowest BCUT2D eigenvalue weighted by atomic mass is 10.1. The van der Waals surface area contributed by atoms with E-state index in [0.717, 1.165) is 4.57 Å². The fraction of sp³-hybridized carbons (Fsp3) is 0.583. The Morgan fingerprint density at radius 1 is 1.42 bits per heavy atom. The van der Waals surface area contributed by atoms with Crippen LogP contribution >= 0.6 is 7.82 Å². The van der Waals surface area contributed by atoms with Gasteiger partial charge < -0.3 is 24.7 Å². The van der Waals surface area contributed by atoms with E-state index >= 15 is 0 Å². The van der Waals surface area contributed by atoms with Crippen LogP contribution in [0.5, 0.6) is 0 Å². The topological polar surface area (TPSA) is 180 Å². The van der Waals surface area contributed by atoms with Crippen molar-refractivity contribution in [1.82, 2.24) is 14.1 Å². The van der Waals surface area contributed by atoms with Gasteiger partial charge in [0.05, 0.1) is 13.7 Å². The molecule has 3 heterocycles. The van der Waals surface area contributed by atoms with Gasteiger partial charge in [-0.1, -0.05) is 0 Å². The van der Waals surface area contributed by atoms with Gasteiger partial charge in [-0.05, 0) is 0 Å². The highest BCUT2D eigenvalue weighted by Crippen LogP contribution is 2.43. The van der Waals surface area contributed by atoms with Crippen molar-refractivity contribution in [2.75, 3.05) is 6.61 Å². The largest absolute Gasteiger partial charge is 0.470 e. The maximum Gasteiger partial charge on any atom is 0.470 e. The number of H-pyrrole nitrogens is 1. The number of aryl methyl sites for hydroxylation is 1. The molecule has 0 radical (unpaired) electrons. The van der Waals surface area contributed by atoms with Gasteiger partial charge in [0.25, 0.3) is 11.2 Å². The molecule has 2 aromatic rings. The van der Waals surface area contributed by atoms with Crippen LogP contribution in [0.3, 0.4) is 0 Å². The van der Waals surface area contributed by atoms with E-state index in [1.807, 2.05) is 0 Å². The summed E-state index contributed by atoms with van der Waals surface area (Å²) in [6, 6.07) is 0. The number of imidazole rings is 1. The standard InChI is InChI=1S/C12H17N4O9P/c1-14-4-16(9-6(14)10(19)15(2)12(20)13-9)11-7(18)8(5(3-17)24-11)25-26(21,22)23/h4-5,7-8,11,17-18H,3H2,1-2H3,(H2-,13,19,20,21,22,23)/p+1/t5-,7-,8-,11-/m1/s1. The van der Waals surface area contributed by atoms with Gasteiger partial charge in [-0.15, -0.1) is 0 Å². The number of phosphoric ester groups is 1. The summed E-state index contributed by atoms with van der Waals surface area (Å²) >= 11 is 0. The maximum absolute atomic E-state index is 12.3. The highest BCUT2D eigenvalue weighted by molar-refractivity contribution is 7.46. The van der Waals surface area contributed by atoms with Crippen molar-refractivity contribution in [1.29, 1.82) is 0 Å². The summed E-state index contributed by atoms with van der Waals surface area (Å²) in [7, 11) is -2.13. The van der Waals surface area contributed by atoms with Crippen LogP contribution < -0.4 is 15.8 Å². The lowest BCUT2D eigenvalue weighted by molar-refractivity contribution is -0.646. The number of aromatic nitrogens is 4. The second kappa shape index (κ2) is 6.39. The zero-order valence-corrected chi connectivity index (χ0v) is 14.6. The van der Waals surface area contributed by atoms with Gasteiger partial charge in [-0.2, -0.15) is 4.57 Å². The number of aromatic amines is 1. The molecule has 0 aromatic carbocycles. The molecule has 3 rings (SSSR count). The van der Waals surface area contributed by atoms with Crippen molar-refractivity contribution in [2.24, 2.45) is 14.1 Å². The van der Waals surface area contributed by atoms with E-state index in [9.17, 15) is 24.4 Å². The SMILES string of the molecule is Cn1c(=O)[nH]c2c(c1=O)[n+](C)cn2[C@@H]1O[C@H](CO)[C@@H](OP(=O)(O)O)[C@H]1O. The fourth-order valence-electron chi connectivity index (χ4n) is 2.98. The molecule has 2 aromatic heterocycles. The van der Waals surface area contributed by atoms with Crippen LogP contribution in [0.2, 0.25) is 0 Å². The average Bonchev–Trinajstić information content (AvgIpc) is 3.02. The van der Waals surface area contributed by atoms with E-state index in [1.54, 1.807) is 0 Å². The summed E-state index contributed by atoms with van der Waals surface area (Å²) in [5.74, 6) is 0.